The van der Waals surface area contributed by atoms with Crippen LogP contribution in [0.15, 0.2) is 119 Å². The van der Waals surface area contributed by atoms with Crippen molar-refractivity contribution in [2.45, 2.75) is 62.6 Å². The first kappa shape index (κ1) is 42.3. The second-order valence-corrected chi connectivity index (χ2v) is 18.3. The highest BCUT2D eigenvalue weighted by atomic mass is 35.5. The Hall–Kier alpha value is -4.26. The van der Waals surface area contributed by atoms with Gasteiger partial charge in [-0.1, -0.05) is 73.2 Å². The number of hydrogen-bond acceptors (Lipinski definition) is 9. The van der Waals surface area contributed by atoms with Crippen LogP contribution in [-0.2, 0) is 16.6 Å². The maximum atomic E-state index is 13.4. The molecule has 12 heteroatoms. The second-order valence-electron chi connectivity index (χ2n) is 15.0. The second kappa shape index (κ2) is 19.9. The molecule has 0 saturated carbocycles. The standard InChI is InChI=1S/C45H55ClN6O3S2/c1-4-51(31-35-10-8-9-13-42(35)33-14-18-36(46)19-15-33)39-25-28-52(29-26-39)38-20-16-34(17-21-38)45(53)49-57(54,55)41-22-23-44(43(47)30-41)48-37(24-27-50(2)3)32-56-40-11-6-5-7-12-40/h5-6,8-11,13-23,30,37,39,48H,4,7,12,24-29,31-32,47H2,1-3H3,(H,49,53). The van der Waals surface area contributed by atoms with Gasteiger partial charge in [-0.05, 0) is 135 Å². The minimum atomic E-state index is -4.16. The Bertz CT molecular complexity index is 2130. The van der Waals surface area contributed by atoms with E-state index in [0.717, 1.165) is 86.9 Å². The predicted octanol–water partition coefficient (Wildman–Crippen LogP) is 8.90. The van der Waals surface area contributed by atoms with E-state index in [4.69, 9.17) is 17.3 Å². The van der Waals surface area contributed by atoms with Gasteiger partial charge in [-0.3, -0.25) is 9.69 Å². The van der Waals surface area contributed by atoms with Gasteiger partial charge in [0.15, 0.2) is 0 Å². The third kappa shape index (κ3) is 11.7. The third-order valence-electron chi connectivity index (χ3n) is 10.7. The Morgan fingerprint density at radius 1 is 1.00 bits per heavy atom. The van der Waals surface area contributed by atoms with Gasteiger partial charge in [-0.15, -0.1) is 11.8 Å². The van der Waals surface area contributed by atoms with Crippen molar-refractivity contribution in [3.63, 3.8) is 0 Å². The fraction of sp³-hybridized carbons (Fsp3) is 0.356. The van der Waals surface area contributed by atoms with Crippen molar-refractivity contribution in [2.75, 3.05) is 62.0 Å². The van der Waals surface area contributed by atoms with E-state index in [-0.39, 0.29) is 16.5 Å². The van der Waals surface area contributed by atoms with Crippen LogP contribution in [-0.4, -0.2) is 82.2 Å². The highest BCUT2D eigenvalue weighted by Crippen LogP contribution is 2.31. The molecular formula is C45H55ClN6O3S2. The summed E-state index contributed by atoms with van der Waals surface area (Å²) in [4.78, 5) is 21.5. The molecule has 2 aliphatic rings. The number of benzene rings is 4. The quantitative estimate of drug-likeness (QED) is 0.0900. The van der Waals surface area contributed by atoms with Gasteiger partial charge in [-0.25, -0.2) is 13.1 Å². The SMILES string of the molecule is CCN(Cc1ccccc1-c1ccc(Cl)cc1)C1CCN(c2ccc(C(=O)NS(=O)(=O)c3ccc(NC(CCN(C)C)CSC4=CC=CCC4)c(N)c3)cc2)CC1. The number of nitrogens with zero attached hydrogens (tertiary/aromatic N) is 3. The molecule has 302 valence electrons. The van der Waals surface area contributed by atoms with Gasteiger partial charge in [0, 0.05) is 53.7 Å². The van der Waals surface area contributed by atoms with Crippen molar-refractivity contribution in [1.82, 2.24) is 14.5 Å². The molecule has 1 saturated heterocycles. The summed E-state index contributed by atoms with van der Waals surface area (Å²) in [6.07, 6.45) is 11.5. The lowest BCUT2D eigenvalue weighted by Crippen LogP contribution is -2.44. The molecule has 0 spiro atoms. The number of carbonyl (C=O) groups excluding carboxylic acids is 1. The molecule has 4 aromatic carbocycles. The smallest absolute Gasteiger partial charge is 0.264 e. The molecule has 0 aromatic heterocycles. The van der Waals surface area contributed by atoms with Gasteiger partial charge in [-0.2, -0.15) is 0 Å². The third-order valence-corrected chi connectivity index (χ3v) is 13.6. The summed E-state index contributed by atoms with van der Waals surface area (Å²) < 4.78 is 28.9. The van der Waals surface area contributed by atoms with E-state index in [1.165, 1.54) is 28.2 Å². The number of hydrogen-bond donors (Lipinski definition) is 3. The molecule has 1 amide bonds. The van der Waals surface area contributed by atoms with E-state index in [2.05, 4.69) is 86.3 Å². The highest BCUT2D eigenvalue weighted by Gasteiger charge is 2.26. The van der Waals surface area contributed by atoms with Gasteiger partial charge in [0.2, 0.25) is 0 Å². The van der Waals surface area contributed by atoms with Crippen LogP contribution >= 0.6 is 23.4 Å². The first-order chi connectivity index (χ1) is 27.5. The summed E-state index contributed by atoms with van der Waals surface area (Å²) in [5.74, 6) is 0.172. The van der Waals surface area contributed by atoms with Gasteiger partial charge < -0.3 is 20.9 Å². The van der Waals surface area contributed by atoms with Crippen molar-refractivity contribution in [2.24, 2.45) is 0 Å². The minimum Gasteiger partial charge on any atom is -0.397 e. The minimum absolute atomic E-state index is 0.0636. The number of amides is 1. The molecular weight excluding hydrogens is 772 g/mol. The molecule has 57 heavy (non-hydrogen) atoms. The van der Waals surface area contributed by atoms with Gasteiger partial charge >= 0.3 is 0 Å². The van der Waals surface area contributed by atoms with E-state index < -0.39 is 15.9 Å². The number of halogens is 1. The summed E-state index contributed by atoms with van der Waals surface area (Å²) in [5, 5.41) is 4.27. The first-order valence-corrected chi connectivity index (χ1v) is 22.6. The summed E-state index contributed by atoms with van der Waals surface area (Å²) in [6.45, 7) is 6.72. The zero-order chi connectivity index (χ0) is 40.4. The molecule has 6 rings (SSSR count). The first-order valence-electron chi connectivity index (χ1n) is 19.8. The van der Waals surface area contributed by atoms with E-state index >= 15 is 0 Å². The number of allylic oxidation sites excluding steroid dienone is 4. The van der Waals surface area contributed by atoms with Crippen LogP contribution < -0.4 is 20.7 Å². The number of nitrogens with one attached hydrogen (secondary N) is 2. The zero-order valence-electron chi connectivity index (χ0n) is 33.2. The summed E-state index contributed by atoms with van der Waals surface area (Å²) in [7, 11) is -0.0694. The molecule has 4 N–H and O–H groups in total. The van der Waals surface area contributed by atoms with Crippen LogP contribution in [0, 0.1) is 0 Å². The van der Waals surface area contributed by atoms with E-state index in [1.54, 1.807) is 18.2 Å². The van der Waals surface area contributed by atoms with Crippen LogP contribution in [0.2, 0.25) is 5.02 Å². The number of rotatable bonds is 17. The molecule has 1 aliphatic carbocycles. The highest BCUT2D eigenvalue weighted by molar-refractivity contribution is 8.03. The molecule has 1 fully saturated rings. The average molecular weight is 828 g/mol. The number of nitrogens with two attached hydrogens (primary N) is 1. The molecule has 1 unspecified atom stereocenters. The van der Waals surface area contributed by atoms with E-state index in [1.807, 2.05) is 50.1 Å². The van der Waals surface area contributed by atoms with Crippen LogP contribution in [0.25, 0.3) is 11.1 Å². The Balaban J connectivity index is 1.02. The summed E-state index contributed by atoms with van der Waals surface area (Å²) in [5.41, 5.74) is 12.4. The van der Waals surface area contributed by atoms with Crippen LogP contribution in [0.4, 0.5) is 17.1 Å². The van der Waals surface area contributed by atoms with Gasteiger partial charge in [0.25, 0.3) is 15.9 Å². The van der Waals surface area contributed by atoms with E-state index in [0.29, 0.717) is 17.4 Å². The summed E-state index contributed by atoms with van der Waals surface area (Å²) in [6, 6.07) is 28.9. The fourth-order valence-electron chi connectivity index (χ4n) is 7.42. The number of thioether (sulfide) groups is 1. The van der Waals surface area contributed by atoms with Crippen LogP contribution in [0.1, 0.15) is 54.9 Å². The van der Waals surface area contributed by atoms with Crippen LogP contribution in [0.5, 0.6) is 0 Å². The van der Waals surface area contributed by atoms with Gasteiger partial charge in [0.1, 0.15) is 0 Å². The Labute approximate surface area is 348 Å². The molecule has 1 atom stereocenters. The molecule has 4 aromatic rings. The number of carbonyl (C=O) groups is 1. The summed E-state index contributed by atoms with van der Waals surface area (Å²) >= 11 is 8.00. The average Bonchev–Trinajstić information content (AvgIpc) is 3.22. The van der Waals surface area contributed by atoms with Crippen molar-refractivity contribution < 1.29 is 13.2 Å². The van der Waals surface area contributed by atoms with Crippen molar-refractivity contribution >= 4 is 56.4 Å². The topological polar surface area (TPSA) is 111 Å². The van der Waals surface area contributed by atoms with Crippen molar-refractivity contribution in [3.8, 4) is 11.1 Å². The van der Waals surface area contributed by atoms with Crippen molar-refractivity contribution in [1.29, 1.82) is 0 Å². The van der Waals surface area contributed by atoms with Crippen LogP contribution in [0.3, 0.4) is 0 Å². The van der Waals surface area contributed by atoms with Gasteiger partial charge in [0.05, 0.1) is 16.3 Å². The van der Waals surface area contributed by atoms with E-state index in [9.17, 15) is 13.2 Å². The molecule has 0 bridgehead atoms. The number of piperidine rings is 1. The Morgan fingerprint density at radius 2 is 1.74 bits per heavy atom. The predicted molar refractivity (Wildman–Crippen MR) is 240 cm³/mol. The number of nitrogen functional groups attached to an aromatic ring is 1. The number of anilines is 3. The molecule has 1 heterocycles. The monoisotopic (exact) mass is 826 g/mol. The normalized spacial score (nSPS) is 15.5. The Morgan fingerprint density at radius 3 is 2.40 bits per heavy atom. The maximum absolute atomic E-state index is 13.4. The molecule has 1 aliphatic heterocycles. The largest absolute Gasteiger partial charge is 0.397 e. The fourth-order valence-corrected chi connectivity index (χ4v) is 9.66. The van der Waals surface area contributed by atoms with Crippen molar-refractivity contribution in [3.05, 3.63) is 130 Å². The lowest BCUT2D eigenvalue weighted by molar-refractivity contribution is 0.0981. The zero-order valence-corrected chi connectivity index (χ0v) is 35.6. The molecule has 9 nitrogen and oxygen atoms in total. The maximum Gasteiger partial charge on any atom is 0.264 e. The Kier molecular flexibility index (Phi) is 14.8. The lowest BCUT2D eigenvalue weighted by Gasteiger charge is -2.39. The lowest BCUT2D eigenvalue weighted by atomic mass is 9.97. The number of sulfonamides is 1. The molecule has 0 radical (unpaired) electrons.